The third-order valence-corrected chi connectivity index (χ3v) is 7.85. The standard InChI is InChI=1S/C21H16BrOS.C6BF8/c22-20-13-11-19(12-14-20)17-24(23,21-9-5-2-6-10-21)16-15-18-7-3-1-4-8-18;8-2-1(7(13,14)15)3(9)5(11)6(12)4(2)10/h1-14H,17H2;/q+1;-1. The van der Waals surface area contributed by atoms with E-state index >= 15 is 0 Å². The molecule has 0 N–H and O–H groups in total. The van der Waals surface area contributed by atoms with Crippen LogP contribution in [0.25, 0.3) is 0 Å². The molecule has 4 aromatic rings. The van der Waals surface area contributed by atoms with Gasteiger partial charge in [0.1, 0.15) is 11.6 Å². The van der Waals surface area contributed by atoms with Gasteiger partial charge in [-0.3, -0.25) is 0 Å². The quantitative estimate of drug-likeness (QED) is 0.0559. The first-order valence-corrected chi connectivity index (χ1v) is 13.5. The van der Waals surface area contributed by atoms with E-state index in [-0.39, 0.29) is 0 Å². The number of halogens is 9. The largest absolute Gasteiger partial charge is 0.515 e. The second kappa shape index (κ2) is 12.6. The molecule has 0 bridgehead atoms. The van der Waals surface area contributed by atoms with Crippen LogP contribution in [0, 0.1) is 40.3 Å². The van der Waals surface area contributed by atoms with Crippen LogP contribution in [-0.4, -0.2) is 6.98 Å². The Morgan fingerprint density at radius 1 is 0.667 bits per heavy atom. The van der Waals surface area contributed by atoms with Crippen molar-refractivity contribution in [3.8, 4) is 11.2 Å². The number of hydrogen-bond donors (Lipinski definition) is 0. The summed E-state index contributed by atoms with van der Waals surface area (Å²) in [4.78, 5) is 0.774. The molecule has 39 heavy (non-hydrogen) atoms. The van der Waals surface area contributed by atoms with Crippen LogP contribution < -0.4 is 5.46 Å². The molecule has 202 valence electrons. The molecule has 12 heteroatoms. The molecule has 4 aromatic carbocycles. The molecule has 0 saturated heterocycles. The molecule has 1 nitrogen and oxygen atoms in total. The van der Waals surface area contributed by atoms with Gasteiger partial charge in [0, 0.05) is 15.6 Å². The van der Waals surface area contributed by atoms with Gasteiger partial charge in [0.2, 0.25) is 0 Å². The maximum absolute atomic E-state index is 13.6. The van der Waals surface area contributed by atoms with Crippen molar-refractivity contribution in [3.63, 3.8) is 0 Å². The summed E-state index contributed by atoms with van der Waals surface area (Å²) in [6.45, 7) is -6.30. The van der Waals surface area contributed by atoms with Crippen molar-refractivity contribution in [2.45, 2.75) is 10.6 Å². The summed E-state index contributed by atoms with van der Waals surface area (Å²) in [7, 11) is -2.51. The summed E-state index contributed by atoms with van der Waals surface area (Å²) in [6.07, 6.45) is 0. The van der Waals surface area contributed by atoms with Gasteiger partial charge < -0.3 is 12.9 Å². The molecule has 0 fully saturated rings. The first kappa shape index (κ1) is 30.1. The minimum absolute atomic E-state index is 0.407. The molecule has 0 radical (unpaired) electrons. The van der Waals surface area contributed by atoms with Crippen molar-refractivity contribution < 1.29 is 39.1 Å². The minimum Gasteiger partial charge on any atom is -0.445 e. The third kappa shape index (κ3) is 7.58. The smallest absolute Gasteiger partial charge is 0.445 e. The lowest BCUT2D eigenvalue weighted by atomic mass is 9.79. The van der Waals surface area contributed by atoms with Crippen LogP contribution in [0.2, 0.25) is 0 Å². The molecule has 0 aliphatic rings. The highest BCUT2D eigenvalue weighted by Gasteiger charge is 2.38. The summed E-state index contributed by atoms with van der Waals surface area (Å²) >= 11 is 3.43. The molecule has 1 unspecified atom stereocenters. The summed E-state index contributed by atoms with van der Waals surface area (Å²) < 4.78 is 112. The Morgan fingerprint density at radius 3 is 1.62 bits per heavy atom. The van der Waals surface area contributed by atoms with Crippen molar-refractivity contribution in [2.75, 3.05) is 0 Å². The monoisotopic (exact) mass is 630 g/mol. The Hall–Kier alpha value is -3.43. The Morgan fingerprint density at radius 2 is 1.13 bits per heavy atom. The van der Waals surface area contributed by atoms with Gasteiger partial charge in [-0.15, -0.1) is 0 Å². The first-order chi connectivity index (χ1) is 18.3. The summed E-state index contributed by atoms with van der Waals surface area (Å²) in [5, 5.41) is 3.06. The van der Waals surface area contributed by atoms with E-state index < -0.39 is 51.5 Å². The zero-order valence-electron chi connectivity index (χ0n) is 19.6. The zero-order chi connectivity index (χ0) is 28.8. The minimum atomic E-state index is -6.30. The maximum atomic E-state index is 13.6. The van der Waals surface area contributed by atoms with Gasteiger partial charge in [0.25, 0.3) is 0 Å². The van der Waals surface area contributed by atoms with E-state index in [1.165, 1.54) is 0 Å². The number of rotatable bonds is 4. The number of hydrogen-bond acceptors (Lipinski definition) is 1. The number of benzene rings is 4. The Bertz CT molecular complexity index is 1520. The second-order valence-electron chi connectivity index (χ2n) is 7.91. The molecule has 0 spiro atoms. The fourth-order valence-corrected chi connectivity index (χ4v) is 5.37. The lowest BCUT2D eigenvalue weighted by molar-refractivity contribution is 0.377. The highest BCUT2D eigenvalue weighted by Crippen LogP contribution is 2.25. The van der Waals surface area contributed by atoms with Gasteiger partial charge in [-0.05, 0) is 47.8 Å². The molecule has 0 amide bonds. The molecule has 0 aliphatic heterocycles. The molecule has 0 aliphatic carbocycles. The second-order valence-corrected chi connectivity index (χ2v) is 11.1. The SMILES string of the molecule is Fc1c(F)c(F)c([B-](F)(F)F)c(F)c1F.O=[S+](C#Cc1ccccc1)(Cc1ccc(Br)cc1)c1ccccc1. The lowest BCUT2D eigenvalue weighted by Crippen LogP contribution is -2.41. The van der Waals surface area contributed by atoms with Gasteiger partial charge in [-0.25, -0.2) is 22.0 Å². The predicted octanol–water partition coefficient (Wildman–Crippen LogP) is 7.95. The van der Waals surface area contributed by atoms with Gasteiger partial charge in [-0.2, -0.15) is 0 Å². The van der Waals surface area contributed by atoms with Crippen LogP contribution in [0.5, 0.6) is 0 Å². The van der Waals surface area contributed by atoms with E-state index in [1.54, 1.807) is 0 Å². The van der Waals surface area contributed by atoms with E-state index in [1.807, 2.05) is 84.9 Å². The van der Waals surface area contributed by atoms with E-state index in [2.05, 4.69) is 27.1 Å². The highest BCUT2D eigenvalue weighted by atomic mass is 79.9. The van der Waals surface area contributed by atoms with Crippen molar-refractivity contribution in [2.24, 2.45) is 0 Å². The van der Waals surface area contributed by atoms with Crippen LogP contribution in [-0.2, 0) is 19.9 Å². The molecular formula is C27H16BBrF8OS. The van der Waals surface area contributed by atoms with Gasteiger partial charge in [-0.1, -0.05) is 68.7 Å². The molecule has 1 atom stereocenters. The molecule has 0 saturated carbocycles. The van der Waals surface area contributed by atoms with Crippen molar-refractivity contribution in [3.05, 3.63) is 130 Å². The Labute approximate surface area is 228 Å². The van der Waals surface area contributed by atoms with E-state index in [0.717, 1.165) is 20.5 Å². The van der Waals surface area contributed by atoms with Crippen molar-refractivity contribution in [1.29, 1.82) is 0 Å². The van der Waals surface area contributed by atoms with Crippen molar-refractivity contribution in [1.82, 2.24) is 0 Å². The Balaban J connectivity index is 0.000000242. The van der Waals surface area contributed by atoms with Crippen molar-refractivity contribution >= 4 is 38.3 Å². The fourth-order valence-electron chi connectivity index (χ4n) is 3.21. The lowest BCUT2D eigenvalue weighted by Gasteiger charge is -2.17. The summed E-state index contributed by atoms with van der Waals surface area (Å²) in [5.74, 6) is -10.1. The summed E-state index contributed by atoms with van der Waals surface area (Å²) in [6, 6.07) is 27.1. The average molecular weight is 631 g/mol. The van der Waals surface area contributed by atoms with Gasteiger partial charge >= 0.3 is 6.98 Å². The predicted molar refractivity (Wildman–Crippen MR) is 139 cm³/mol. The third-order valence-electron chi connectivity index (χ3n) is 5.11. The Kier molecular flexibility index (Phi) is 9.75. The topological polar surface area (TPSA) is 17.1 Å². The fraction of sp³-hybridized carbons (Fsp3) is 0.0370. The highest BCUT2D eigenvalue weighted by molar-refractivity contribution is 9.10. The van der Waals surface area contributed by atoms with Crippen LogP contribution >= 0.6 is 15.9 Å². The van der Waals surface area contributed by atoms with E-state index in [0.29, 0.717) is 5.75 Å². The van der Waals surface area contributed by atoms with Crippen LogP contribution in [0.15, 0.2) is 94.3 Å². The average Bonchev–Trinajstić information content (AvgIpc) is 2.92. The van der Waals surface area contributed by atoms with Crippen LogP contribution in [0.3, 0.4) is 0 Å². The van der Waals surface area contributed by atoms with E-state index in [9.17, 15) is 39.1 Å². The summed E-state index contributed by atoms with van der Waals surface area (Å²) in [5.41, 5.74) is -0.849. The van der Waals surface area contributed by atoms with Gasteiger partial charge in [0.05, 0.1) is 0 Å². The first-order valence-electron chi connectivity index (χ1n) is 10.9. The molecule has 0 heterocycles. The normalized spacial score (nSPS) is 12.4. The molecule has 0 aromatic heterocycles. The van der Waals surface area contributed by atoms with E-state index in [4.69, 9.17) is 0 Å². The van der Waals surface area contributed by atoms with Crippen LogP contribution in [0.4, 0.5) is 34.9 Å². The molecule has 4 rings (SSSR count). The maximum Gasteiger partial charge on any atom is 0.515 e. The van der Waals surface area contributed by atoms with Crippen LogP contribution in [0.1, 0.15) is 11.1 Å². The zero-order valence-corrected chi connectivity index (χ0v) is 22.0. The molecular weight excluding hydrogens is 615 g/mol. The van der Waals surface area contributed by atoms with Gasteiger partial charge in [0.15, 0.2) is 43.3 Å².